The molecular formula is C13H14Cl2N2O. The van der Waals surface area contributed by atoms with Crippen molar-refractivity contribution in [2.75, 3.05) is 6.61 Å². The van der Waals surface area contributed by atoms with Crippen LogP contribution in [0.3, 0.4) is 0 Å². The van der Waals surface area contributed by atoms with E-state index in [4.69, 9.17) is 33.8 Å². The monoisotopic (exact) mass is 284 g/mol. The fraction of sp³-hybridized carbons (Fsp3) is 0.308. The highest BCUT2D eigenvalue weighted by Crippen LogP contribution is 2.29. The fourth-order valence-electron chi connectivity index (χ4n) is 2.12. The molecule has 0 saturated carbocycles. The van der Waals surface area contributed by atoms with E-state index >= 15 is 0 Å². The van der Waals surface area contributed by atoms with E-state index < -0.39 is 0 Å². The molecule has 0 aliphatic heterocycles. The second kappa shape index (κ2) is 6.12. The van der Waals surface area contributed by atoms with E-state index in [-0.39, 0.29) is 4.49 Å². The Kier molecular flexibility index (Phi) is 4.50. The number of fused-ring (bicyclic) bond motifs is 1. The zero-order valence-corrected chi connectivity index (χ0v) is 11.3. The first-order valence-corrected chi connectivity index (χ1v) is 6.51. The van der Waals surface area contributed by atoms with Crippen molar-refractivity contribution in [3.8, 4) is 5.75 Å². The molecule has 96 valence electrons. The highest BCUT2D eigenvalue weighted by Gasteiger charge is 2.18. The van der Waals surface area contributed by atoms with Gasteiger partial charge in [-0.2, -0.15) is 5.10 Å². The smallest absolute Gasteiger partial charge is 0.123 e. The maximum Gasteiger partial charge on any atom is 0.123 e. The Morgan fingerprint density at radius 1 is 1.39 bits per heavy atom. The minimum atomic E-state index is 0.212. The first kappa shape index (κ1) is 13.2. The van der Waals surface area contributed by atoms with Crippen LogP contribution in [0.2, 0.25) is 0 Å². The Hall–Kier alpha value is -1.19. The fourth-order valence-corrected chi connectivity index (χ4v) is 2.25. The molecule has 1 aromatic carbocycles. The predicted octanol–water partition coefficient (Wildman–Crippen LogP) is 3.38. The second-order valence-electron chi connectivity index (χ2n) is 4.02. The van der Waals surface area contributed by atoms with Crippen LogP contribution < -0.4 is 10.6 Å². The van der Waals surface area contributed by atoms with Crippen LogP contribution in [0.1, 0.15) is 24.0 Å². The standard InChI is InChI=1S/C13H14Cl2N2O/c14-13(15)7-8-18-12-6-2-3-9-10(12)4-1-5-11(9)17-16/h2-3,6-7H,1,4-5,8,16H2/b17-11+. The van der Waals surface area contributed by atoms with Crippen LogP contribution in [0.5, 0.6) is 5.75 Å². The number of ether oxygens (including phenoxy) is 1. The number of nitrogens with zero attached hydrogens (tertiary/aromatic N) is 1. The van der Waals surface area contributed by atoms with Gasteiger partial charge < -0.3 is 10.6 Å². The Morgan fingerprint density at radius 3 is 2.94 bits per heavy atom. The molecule has 1 aromatic rings. The van der Waals surface area contributed by atoms with Gasteiger partial charge in [-0.3, -0.25) is 0 Å². The van der Waals surface area contributed by atoms with Crippen molar-refractivity contribution in [3.63, 3.8) is 0 Å². The molecule has 18 heavy (non-hydrogen) atoms. The van der Waals surface area contributed by atoms with E-state index in [1.54, 1.807) is 6.08 Å². The molecule has 0 aromatic heterocycles. The summed E-state index contributed by atoms with van der Waals surface area (Å²) < 4.78 is 5.88. The van der Waals surface area contributed by atoms with E-state index in [0.717, 1.165) is 41.9 Å². The summed E-state index contributed by atoms with van der Waals surface area (Å²) in [5.41, 5.74) is 3.18. The Bertz CT molecular complexity index is 494. The molecule has 2 N–H and O–H groups in total. The molecule has 0 spiro atoms. The molecular weight excluding hydrogens is 271 g/mol. The van der Waals surface area contributed by atoms with Gasteiger partial charge in [0.1, 0.15) is 16.8 Å². The number of rotatable bonds is 3. The molecule has 0 amide bonds. The first-order chi connectivity index (χ1) is 8.72. The van der Waals surface area contributed by atoms with Crippen LogP contribution in [0, 0.1) is 0 Å². The third kappa shape index (κ3) is 2.98. The van der Waals surface area contributed by atoms with Crippen molar-refractivity contribution in [2.24, 2.45) is 10.9 Å². The van der Waals surface area contributed by atoms with Gasteiger partial charge in [0.05, 0.1) is 5.71 Å². The lowest BCUT2D eigenvalue weighted by atomic mass is 9.89. The van der Waals surface area contributed by atoms with E-state index in [2.05, 4.69) is 5.10 Å². The zero-order chi connectivity index (χ0) is 13.0. The molecule has 0 radical (unpaired) electrons. The molecule has 0 atom stereocenters. The van der Waals surface area contributed by atoms with E-state index in [0.29, 0.717) is 6.61 Å². The summed E-state index contributed by atoms with van der Waals surface area (Å²) in [6.07, 6.45) is 4.54. The number of hydrogen-bond acceptors (Lipinski definition) is 3. The molecule has 1 aliphatic carbocycles. The Morgan fingerprint density at radius 2 is 2.22 bits per heavy atom. The zero-order valence-electron chi connectivity index (χ0n) is 9.83. The number of hydrogen-bond donors (Lipinski definition) is 1. The summed E-state index contributed by atoms with van der Waals surface area (Å²) in [4.78, 5) is 0. The Labute approximate surface area is 116 Å². The summed E-state index contributed by atoms with van der Waals surface area (Å²) in [6, 6.07) is 5.91. The van der Waals surface area contributed by atoms with Crippen LogP contribution in [0.4, 0.5) is 0 Å². The summed E-state index contributed by atoms with van der Waals surface area (Å²) in [6.45, 7) is 0.355. The molecule has 0 fully saturated rings. The van der Waals surface area contributed by atoms with Crippen molar-refractivity contribution in [3.05, 3.63) is 39.9 Å². The topological polar surface area (TPSA) is 47.6 Å². The number of hydrazone groups is 1. The van der Waals surface area contributed by atoms with Crippen LogP contribution in [-0.4, -0.2) is 12.3 Å². The first-order valence-electron chi connectivity index (χ1n) is 5.75. The predicted molar refractivity (Wildman–Crippen MR) is 75.4 cm³/mol. The maximum absolute atomic E-state index is 5.67. The van der Waals surface area contributed by atoms with Crippen LogP contribution in [0.25, 0.3) is 0 Å². The lowest BCUT2D eigenvalue weighted by Gasteiger charge is -2.20. The van der Waals surface area contributed by atoms with Gasteiger partial charge in [0.15, 0.2) is 0 Å². The number of nitrogens with two attached hydrogens (primary N) is 1. The Balaban J connectivity index is 2.25. The highest BCUT2D eigenvalue weighted by atomic mass is 35.5. The summed E-state index contributed by atoms with van der Waals surface area (Å²) >= 11 is 11.1. The molecule has 0 saturated heterocycles. The van der Waals surface area contributed by atoms with Gasteiger partial charge in [0, 0.05) is 11.1 Å². The largest absolute Gasteiger partial charge is 0.489 e. The van der Waals surface area contributed by atoms with Crippen molar-refractivity contribution < 1.29 is 4.74 Å². The average Bonchev–Trinajstić information content (AvgIpc) is 2.38. The van der Waals surface area contributed by atoms with Crippen molar-refractivity contribution >= 4 is 28.9 Å². The van der Waals surface area contributed by atoms with Gasteiger partial charge in [-0.1, -0.05) is 35.3 Å². The summed E-state index contributed by atoms with van der Waals surface area (Å²) in [5.74, 6) is 6.26. The van der Waals surface area contributed by atoms with Crippen molar-refractivity contribution in [1.29, 1.82) is 0 Å². The lowest BCUT2D eigenvalue weighted by molar-refractivity contribution is 0.358. The third-order valence-corrected chi connectivity index (χ3v) is 3.23. The van der Waals surface area contributed by atoms with E-state index in [1.165, 1.54) is 0 Å². The quantitative estimate of drug-likeness (QED) is 0.683. The normalized spacial score (nSPS) is 16.2. The van der Waals surface area contributed by atoms with Gasteiger partial charge in [-0.05, 0) is 31.4 Å². The number of benzene rings is 1. The van der Waals surface area contributed by atoms with Gasteiger partial charge in [-0.15, -0.1) is 0 Å². The van der Waals surface area contributed by atoms with Crippen LogP contribution in [0.15, 0.2) is 33.9 Å². The average molecular weight is 285 g/mol. The summed E-state index contributed by atoms with van der Waals surface area (Å²) in [5, 5.41) is 3.85. The lowest BCUT2D eigenvalue weighted by Crippen LogP contribution is -2.15. The highest BCUT2D eigenvalue weighted by molar-refractivity contribution is 6.55. The maximum atomic E-state index is 5.67. The molecule has 3 nitrogen and oxygen atoms in total. The molecule has 0 unspecified atom stereocenters. The van der Waals surface area contributed by atoms with Gasteiger partial charge in [0.2, 0.25) is 0 Å². The molecule has 1 aliphatic rings. The molecule has 5 heteroatoms. The minimum absolute atomic E-state index is 0.212. The minimum Gasteiger partial charge on any atom is -0.489 e. The molecule has 0 bridgehead atoms. The second-order valence-corrected chi connectivity index (χ2v) is 5.02. The third-order valence-electron chi connectivity index (χ3n) is 2.92. The van der Waals surface area contributed by atoms with Crippen molar-refractivity contribution in [1.82, 2.24) is 0 Å². The molecule has 2 rings (SSSR count). The van der Waals surface area contributed by atoms with E-state index in [1.807, 2.05) is 18.2 Å². The van der Waals surface area contributed by atoms with E-state index in [9.17, 15) is 0 Å². The van der Waals surface area contributed by atoms with Gasteiger partial charge >= 0.3 is 0 Å². The number of halogens is 2. The molecule has 0 heterocycles. The SMILES string of the molecule is N/N=C1\CCCc2c(OCC=C(Cl)Cl)cccc21. The summed E-state index contributed by atoms with van der Waals surface area (Å²) in [7, 11) is 0. The van der Waals surface area contributed by atoms with Gasteiger partial charge in [0.25, 0.3) is 0 Å². The van der Waals surface area contributed by atoms with Crippen molar-refractivity contribution in [2.45, 2.75) is 19.3 Å². The van der Waals surface area contributed by atoms with Crippen LogP contribution in [-0.2, 0) is 6.42 Å². The van der Waals surface area contributed by atoms with Crippen LogP contribution >= 0.6 is 23.2 Å². The van der Waals surface area contributed by atoms with Gasteiger partial charge in [-0.25, -0.2) is 0 Å².